The van der Waals surface area contributed by atoms with E-state index in [2.05, 4.69) is 31.0 Å². The van der Waals surface area contributed by atoms with E-state index in [1.807, 2.05) is 18.2 Å². The minimum absolute atomic E-state index is 0.0706. The van der Waals surface area contributed by atoms with Gasteiger partial charge in [0, 0.05) is 53.2 Å². The third kappa shape index (κ3) is 5.78. The highest BCUT2D eigenvalue weighted by atomic mass is 16.2. The van der Waals surface area contributed by atoms with Crippen molar-refractivity contribution in [3.05, 3.63) is 72.3 Å². The largest absolute Gasteiger partial charge is 0.352 e. The van der Waals surface area contributed by atoms with Crippen LogP contribution in [0.15, 0.2) is 66.0 Å². The fourth-order valence-electron chi connectivity index (χ4n) is 4.49. The Morgan fingerprint density at radius 2 is 1.69 bits per heavy atom. The van der Waals surface area contributed by atoms with Crippen LogP contribution >= 0.6 is 0 Å². The third-order valence-electron chi connectivity index (χ3n) is 6.84. The topological polar surface area (TPSA) is 152 Å². The van der Waals surface area contributed by atoms with E-state index in [0.29, 0.717) is 34.4 Å². The van der Waals surface area contributed by atoms with Crippen molar-refractivity contribution in [1.82, 2.24) is 24.9 Å². The molecule has 0 spiro atoms. The van der Waals surface area contributed by atoms with Crippen LogP contribution in [0, 0.1) is 0 Å². The van der Waals surface area contributed by atoms with Gasteiger partial charge in [-0.2, -0.15) is 0 Å². The van der Waals surface area contributed by atoms with Gasteiger partial charge in [0.1, 0.15) is 0 Å². The first kappa shape index (κ1) is 24.7. The zero-order chi connectivity index (χ0) is 26.8. The standard InChI is InChI=1S/C28H29N9O2/c29-18-3-7-20(8-4-18)33-25-15-23(32-19-5-1-17(2-6-19)27(38)34-21-9-10-21)26-31-16-24(37(26)36-25)28(39)35-22-11-13-30-14-12-22/h1-2,5-6,11-16,18,21,32H,3-4,7-10,29H2,(H,34,38)(H,30,35,39). The van der Waals surface area contributed by atoms with Crippen molar-refractivity contribution in [3.63, 3.8) is 0 Å². The molecule has 0 saturated heterocycles. The predicted octanol–water partition coefficient (Wildman–Crippen LogP) is 3.99. The smallest absolute Gasteiger partial charge is 0.276 e. The number of nitrogens with zero attached hydrogens (tertiary/aromatic N) is 5. The SMILES string of the molecule is NC1CCC(=Nc2cc(Nc3ccc(C(=O)NC4CC4)cc3)c3ncc(C(=O)Nc4ccncc4)n3n2)CC1. The van der Waals surface area contributed by atoms with Gasteiger partial charge < -0.3 is 21.7 Å². The molecule has 5 N–H and O–H groups in total. The van der Waals surface area contributed by atoms with Crippen LogP contribution in [0.3, 0.4) is 0 Å². The normalized spacial score (nSPS) is 17.1. The number of imidazole rings is 1. The van der Waals surface area contributed by atoms with Crippen LogP contribution in [0.4, 0.5) is 22.9 Å². The van der Waals surface area contributed by atoms with E-state index in [1.54, 1.807) is 36.7 Å². The Bertz CT molecular complexity index is 1530. The van der Waals surface area contributed by atoms with Crippen molar-refractivity contribution in [2.45, 2.75) is 50.6 Å². The van der Waals surface area contributed by atoms with Crippen molar-refractivity contribution in [2.75, 3.05) is 10.6 Å². The molecule has 0 aliphatic heterocycles. The van der Waals surface area contributed by atoms with Crippen molar-refractivity contribution < 1.29 is 9.59 Å². The average Bonchev–Trinajstić information content (AvgIpc) is 3.65. The lowest BCUT2D eigenvalue weighted by Crippen LogP contribution is -2.26. The second-order valence-electron chi connectivity index (χ2n) is 9.95. The third-order valence-corrected chi connectivity index (χ3v) is 6.84. The quantitative estimate of drug-likeness (QED) is 0.286. The molecule has 11 nitrogen and oxygen atoms in total. The molecule has 198 valence electrons. The molecule has 0 radical (unpaired) electrons. The number of hydrogen-bond acceptors (Lipinski definition) is 8. The number of nitrogens with two attached hydrogens (primary N) is 1. The summed E-state index contributed by atoms with van der Waals surface area (Å²) in [6.07, 6.45) is 10.2. The van der Waals surface area contributed by atoms with E-state index < -0.39 is 0 Å². The molecule has 2 aliphatic carbocycles. The molecule has 3 heterocycles. The van der Waals surface area contributed by atoms with E-state index in [9.17, 15) is 9.59 Å². The number of nitrogens with one attached hydrogen (secondary N) is 3. The first-order valence-electron chi connectivity index (χ1n) is 13.1. The Morgan fingerprint density at radius 1 is 0.949 bits per heavy atom. The van der Waals surface area contributed by atoms with Gasteiger partial charge in [0.05, 0.1) is 11.9 Å². The summed E-state index contributed by atoms with van der Waals surface area (Å²) in [7, 11) is 0. The molecule has 1 aromatic carbocycles. The number of carbonyl (C=O) groups excluding carboxylic acids is 2. The van der Waals surface area contributed by atoms with Crippen LogP contribution < -0.4 is 21.7 Å². The van der Waals surface area contributed by atoms with Crippen LogP contribution in [-0.2, 0) is 0 Å². The van der Waals surface area contributed by atoms with Gasteiger partial charge in [0.25, 0.3) is 11.8 Å². The fourth-order valence-corrected chi connectivity index (χ4v) is 4.49. The van der Waals surface area contributed by atoms with Crippen LogP contribution in [-0.4, -0.2) is 49.2 Å². The van der Waals surface area contributed by atoms with Crippen molar-refractivity contribution in [3.8, 4) is 0 Å². The van der Waals surface area contributed by atoms with Crippen LogP contribution in [0.5, 0.6) is 0 Å². The second kappa shape index (κ2) is 10.6. The molecule has 0 bridgehead atoms. The summed E-state index contributed by atoms with van der Waals surface area (Å²) in [4.78, 5) is 38.8. The minimum Gasteiger partial charge on any atom is -0.352 e. The highest BCUT2D eigenvalue weighted by Crippen LogP contribution is 2.28. The molecule has 6 rings (SSSR count). The number of hydrogen-bond donors (Lipinski definition) is 4. The fraction of sp³-hybridized carbons (Fsp3) is 0.286. The van der Waals surface area contributed by atoms with E-state index >= 15 is 0 Å². The maximum atomic E-state index is 13.1. The Labute approximate surface area is 225 Å². The first-order chi connectivity index (χ1) is 19.0. The van der Waals surface area contributed by atoms with Gasteiger partial charge in [0.2, 0.25) is 0 Å². The van der Waals surface area contributed by atoms with Crippen LogP contribution in [0.2, 0.25) is 0 Å². The maximum absolute atomic E-state index is 13.1. The lowest BCUT2D eigenvalue weighted by atomic mass is 9.94. The molecule has 0 atom stereocenters. The summed E-state index contributed by atoms with van der Waals surface area (Å²) in [6, 6.07) is 13.0. The Morgan fingerprint density at radius 3 is 2.41 bits per heavy atom. The molecule has 2 saturated carbocycles. The number of aromatic nitrogens is 4. The van der Waals surface area contributed by atoms with Crippen molar-refractivity contribution in [2.24, 2.45) is 10.7 Å². The van der Waals surface area contributed by atoms with Gasteiger partial charge in [-0.1, -0.05) is 0 Å². The molecule has 3 aromatic heterocycles. The zero-order valence-corrected chi connectivity index (χ0v) is 21.3. The number of amides is 2. The predicted molar refractivity (Wildman–Crippen MR) is 149 cm³/mol. The lowest BCUT2D eigenvalue weighted by Gasteiger charge is -2.19. The molecule has 2 amide bonds. The molecule has 4 aromatic rings. The van der Waals surface area contributed by atoms with E-state index in [0.717, 1.165) is 49.9 Å². The summed E-state index contributed by atoms with van der Waals surface area (Å²) in [5.41, 5.74) is 10.5. The minimum atomic E-state index is -0.355. The van der Waals surface area contributed by atoms with Gasteiger partial charge in [0.15, 0.2) is 17.2 Å². The van der Waals surface area contributed by atoms with Crippen LogP contribution in [0.25, 0.3) is 5.65 Å². The molecular formula is C28H29N9O2. The van der Waals surface area contributed by atoms with Gasteiger partial charge in [-0.05, 0) is 74.9 Å². The maximum Gasteiger partial charge on any atom is 0.276 e. The monoisotopic (exact) mass is 523 g/mol. The average molecular weight is 524 g/mol. The number of benzene rings is 1. The highest BCUT2D eigenvalue weighted by molar-refractivity contribution is 6.03. The summed E-state index contributed by atoms with van der Waals surface area (Å²) >= 11 is 0. The summed E-state index contributed by atoms with van der Waals surface area (Å²) in [6.45, 7) is 0. The highest BCUT2D eigenvalue weighted by Gasteiger charge is 2.24. The first-order valence-corrected chi connectivity index (χ1v) is 13.1. The van der Waals surface area contributed by atoms with Gasteiger partial charge in [-0.25, -0.2) is 14.5 Å². The van der Waals surface area contributed by atoms with E-state index in [1.165, 1.54) is 10.7 Å². The Kier molecular flexibility index (Phi) is 6.72. The number of aliphatic imine (C=N–C) groups is 1. The zero-order valence-electron chi connectivity index (χ0n) is 21.3. The van der Waals surface area contributed by atoms with Crippen molar-refractivity contribution in [1.29, 1.82) is 0 Å². The molecule has 39 heavy (non-hydrogen) atoms. The molecular weight excluding hydrogens is 494 g/mol. The molecule has 0 unspecified atom stereocenters. The summed E-state index contributed by atoms with van der Waals surface area (Å²) in [5, 5.41) is 13.9. The van der Waals surface area contributed by atoms with Crippen molar-refractivity contribution >= 4 is 46.1 Å². The Balaban J connectivity index is 1.32. The summed E-state index contributed by atoms with van der Waals surface area (Å²) < 4.78 is 1.50. The number of pyridine rings is 1. The number of carbonyl (C=O) groups is 2. The van der Waals surface area contributed by atoms with Gasteiger partial charge in [-0.3, -0.25) is 14.6 Å². The number of rotatable bonds is 7. The summed E-state index contributed by atoms with van der Waals surface area (Å²) in [5.74, 6) is 0.0391. The molecule has 2 fully saturated rings. The van der Waals surface area contributed by atoms with E-state index in [4.69, 9.17) is 10.7 Å². The second-order valence-corrected chi connectivity index (χ2v) is 9.95. The Hall–Kier alpha value is -4.64. The lowest BCUT2D eigenvalue weighted by molar-refractivity contribution is 0.0950. The van der Waals surface area contributed by atoms with Gasteiger partial charge >= 0.3 is 0 Å². The van der Waals surface area contributed by atoms with Crippen LogP contribution in [0.1, 0.15) is 59.4 Å². The number of anilines is 3. The molecule has 11 heteroatoms. The van der Waals surface area contributed by atoms with Gasteiger partial charge in [-0.15, -0.1) is 5.10 Å². The van der Waals surface area contributed by atoms with E-state index in [-0.39, 0.29) is 23.6 Å². The molecule has 2 aliphatic rings. The number of fused-ring (bicyclic) bond motifs is 1.